The van der Waals surface area contributed by atoms with E-state index in [1.807, 2.05) is 0 Å². The highest BCUT2D eigenvalue weighted by molar-refractivity contribution is 6.38. The lowest BCUT2D eigenvalue weighted by Gasteiger charge is -2.37. The molecule has 41 heavy (non-hydrogen) atoms. The number of nitrogens with zero attached hydrogens (tertiary/aromatic N) is 1. The first-order chi connectivity index (χ1) is 19.4. The van der Waals surface area contributed by atoms with Gasteiger partial charge in [0.05, 0.1) is 6.04 Å². The molecule has 10 heteroatoms. The van der Waals surface area contributed by atoms with Gasteiger partial charge in [0.1, 0.15) is 12.1 Å². The van der Waals surface area contributed by atoms with Crippen molar-refractivity contribution in [2.75, 3.05) is 13.1 Å². The molecule has 0 radical (unpaired) electrons. The van der Waals surface area contributed by atoms with Crippen molar-refractivity contribution in [3.8, 4) is 0 Å². The number of carbonyl (C=O) groups is 6. The molecule has 2 unspecified atom stereocenters. The molecular weight excluding hydrogens is 524 g/mol. The van der Waals surface area contributed by atoms with Gasteiger partial charge >= 0.3 is 0 Å². The highest BCUT2D eigenvalue weighted by atomic mass is 16.2. The first kappa shape index (κ1) is 32.2. The fourth-order valence-electron chi connectivity index (χ4n) is 6.54. The van der Waals surface area contributed by atoms with E-state index in [-0.39, 0.29) is 42.0 Å². The smallest absolute Gasteiger partial charge is 0.289 e. The molecule has 3 aliphatic rings. The van der Waals surface area contributed by atoms with Crippen molar-refractivity contribution < 1.29 is 28.8 Å². The van der Waals surface area contributed by atoms with Crippen LogP contribution in [-0.2, 0) is 28.8 Å². The number of ketones is 2. The lowest BCUT2D eigenvalue weighted by molar-refractivity contribution is -0.147. The molecular formula is C31H46N4O6. The maximum Gasteiger partial charge on any atom is 0.289 e. The van der Waals surface area contributed by atoms with Gasteiger partial charge in [0.2, 0.25) is 23.4 Å². The number of allylic oxidation sites excluding steroid dienone is 1. The van der Waals surface area contributed by atoms with E-state index >= 15 is 0 Å². The Balaban J connectivity index is 1.86. The zero-order valence-electron chi connectivity index (χ0n) is 24.9. The van der Waals surface area contributed by atoms with Crippen LogP contribution < -0.4 is 16.0 Å². The monoisotopic (exact) mass is 570 g/mol. The number of Topliss-reactive ketones (excluding diaryl/α,β-unsaturated/α-hetero) is 2. The summed E-state index contributed by atoms with van der Waals surface area (Å²) in [5.74, 6) is -4.52. The Kier molecular flexibility index (Phi) is 10.7. The van der Waals surface area contributed by atoms with Crippen LogP contribution in [0.2, 0.25) is 0 Å². The molecule has 3 fully saturated rings. The minimum absolute atomic E-state index is 0.0837. The maximum atomic E-state index is 14.1. The van der Waals surface area contributed by atoms with E-state index in [1.165, 1.54) is 11.0 Å². The van der Waals surface area contributed by atoms with E-state index in [4.69, 9.17) is 0 Å². The van der Waals surface area contributed by atoms with Crippen LogP contribution >= 0.6 is 0 Å². The SMILES string of the molecule is C=CCCC(NC(=O)[C@@H]1[C@@H]2C(CN1C(=O)[C@@H](NC(=O)C(=O)C(C)C)C1CCCCC1)C2(C)C)C(=O)C(=O)NCC=C. The van der Waals surface area contributed by atoms with Gasteiger partial charge in [-0.25, -0.2) is 0 Å². The van der Waals surface area contributed by atoms with Gasteiger partial charge < -0.3 is 20.9 Å². The Morgan fingerprint density at radius 2 is 1.59 bits per heavy atom. The van der Waals surface area contributed by atoms with Crippen LogP contribution in [0, 0.1) is 29.1 Å². The summed E-state index contributed by atoms with van der Waals surface area (Å²) in [7, 11) is 0. The summed E-state index contributed by atoms with van der Waals surface area (Å²) in [5.41, 5.74) is -0.183. The Morgan fingerprint density at radius 3 is 2.17 bits per heavy atom. The second-order valence-electron chi connectivity index (χ2n) is 12.5. The van der Waals surface area contributed by atoms with Crippen LogP contribution in [0.1, 0.15) is 72.6 Å². The van der Waals surface area contributed by atoms with Gasteiger partial charge in [0.25, 0.3) is 11.8 Å². The highest BCUT2D eigenvalue weighted by Gasteiger charge is 2.69. The van der Waals surface area contributed by atoms with Crippen molar-refractivity contribution in [1.82, 2.24) is 20.9 Å². The van der Waals surface area contributed by atoms with Crippen molar-refractivity contribution in [1.29, 1.82) is 0 Å². The van der Waals surface area contributed by atoms with Crippen LogP contribution in [-0.4, -0.2) is 71.3 Å². The quantitative estimate of drug-likeness (QED) is 0.216. The fraction of sp³-hybridized carbons (Fsp3) is 0.677. The first-order valence-corrected chi connectivity index (χ1v) is 14.9. The largest absolute Gasteiger partial charge is 0.346 e. The number of carbonyl (C=O) groups excluding carboxylic acids is 6. The topological polar surface area (TPSA) is 142 Å². The number of likely N-dealkylation sites (tertiary alicyclic amines) is 1. The van der Waals surface area contributed by atoms with E-state index in [9.17, 15) is 28.8 Å². The fourth-order valence-corrected chi connectivity index (χ4v) is 6.54. The lowest BCUT2D eigenvalue weighted by atomic mass is 9.82. The predicted molar refractivity (Wildman–Crippen MR) is 154 cm³/mol. The molecule has 3 N–H and O–H groups in total. The minimum atomic E-state index is -1.08. The molecule has 0 aromatic heterocycles. The van der Waals surface area contributed by atoms with E-state index in [1.54, 1.807) is 19.9 Å². The van der Waals surface area contributed by atoms with E-state index in [2.05, 4.69) is 43.0 Å². The predicted octanol–water partition coefficient (Wildman–Crippen LogP) is 2.08. The maximum absolute atomic E-state index is 14.1. The molecule has 0 aromatic rings. The van der Waals surface area contributed by atoms with Crippen molar-refractivity contribution in [3.63, 3.8) is 0 Å². The normalized spacial score (nSPS) is 24.4. The van der Waals surface area contributed by atoms with Gasteiger partial charge in [-0.15, -0.1) is 13.2 Å². The molecule has 10 nitrogen and oxygen atoms in total. The molecule has 226 valence electrons. The summed E-state index contributed by atoms with van der Waals surface area (Å²) in [6, 6.07) is -2.86. The van der Waals surface area contributed by atoms with Crippen molar-refractivity contribution >= 4 is 35.2 Å². The van der Waals surface area contributed by atoms with Gasteiger partial charge in [-0.2, -0.15) is 0 Å². The third-order valence-electron chi connectivity index (χ3n) is 9.11. The van der Waals surface area contributed by atoms with Crippen LogP contribution in [0.5, 0.6) is 0 Å². The third kappa shape index (κ3) is 7.13. The number of nitrogens with one attached hydrogen (secondary N) is 3. The second-order valence-corrected chi connectivity index (χ2v) is 12.5. The molecule has 1 heterocycles. The molecule has 2 saturated carbocycles. The molecule has 0 aromatic carbocycles. The number of hydrogen-bond donors (Lipinski definition) is 3. The van der Waals surface area contributed by atoms with Crippen LogP contribution in [0.3, 0.4) is 0 Å². The Morgan fingerprint density at radius 1 is 0.927 bits per heavy atom. The zero-order chi connectivity index (χ0) is 30.5. The van der Waals surface area contributed by atoms with Gasteiger partial charge in [-0.3, -0.25) is 28.8 Å². The summed E-state index contributed by atoms with van der Waals surface area (Å²) >= 11 is 0. The Bertz CT molecular complexity index is 1080. The second kappa shape index (κ2) is 13.6. The van der Waals surface area contributed by atoms with Gasteiger partial charge in [0, 0.05) is 19.0 Å². The highest BCUT2D eigenvalue weighted by Crippen LogP contribution is 2.65. The van der Waals surface area contributed by atoms with Crippen LogP contribution in [0.15, 0.2) is 25.3 Å². The third-order valence-corrected chi connectivity index (χ3v) is 9.11. The molecule has 1 saturated heterocycles. The van der Waals surface area contributed by atoms with Gasteiger partial charge in [-0.05, 0) is 48.9 Å². The lowest BCUT2D eigenvalue weighted by Crippen LogP contribution is -2.60. The number of hydrogen-bond acceptors (Lipinski definition) is 6. The summed E-state index contributed by atoms with van der Waals surface area (Å²) < 4.78 is 0. The summed E-state index contributed by atoms with van der Waals surface area (Å²) in [6.45, 7) is 15.0. The van der Waals surface area contributed by atoms with Gasteiger partial charge in [-0.1, -0.05) is 59.1 Å². The van der Waals surface area contributed by atoms with E-state index < -0.39 is 53.3 Å². The molecule has 0 bridgehead atoms. The number of fused-ring (bicyclic) bond motifs is 1. The van der Waals surface area contributed by atoms with E-state index in [0.29, 0.717) is 13.0 Å². The standard InChI is InChI=1S/C31H46N4O6/c1-7-9-15-21(26(37)28(39)32-16-8-2)33-27(38)24-22-20(31(22,5)6)17-35(24)30(41)23(19-13-11-10-12-14-19)34-29(40)25(36)18(3)4/h7-8,18-24H,1-2,9-17H2,3-6H3,(H,32,39)(H,33,38)(H,34,40)/t20?,21?,22-,23-,24-/m0/s1. The molecule has 1 aliphatic heterocycles. The molecule has 4 amide bonds. The zero-order valence-corrected chi connectivity index (χ0v) is 24.9. The molecule has 0 spiro atoms. The number of amides is 4. The van der Waals surface area contributed by atoms with Crippen molar-refractivity contribution in [2.45, 2.75) is 90.8 Å². The average molecular weight is 571 g/mol. The van der Waals surface area contributed by atoms with Crippen LogP contribution in [0.4, 0.5) is 0 Å². The van der Waals surface area contributed by atoms with Crippen LogP contribution in [0.25, 0.3) is 0 Å². The van der Waals surface area contributed by atoms with Gasteiger partial charge in [0.15, 0.2) is 0 Å². The summed E-state index contributed by atoms with van der Waals surface area (Å²) in [6.07, 6.45) is 8.02. The first-order valence-electron chi connectivity index (χ1n) is 14.9. The summed E-state index contributed by atoms with van der Waals surface area (Å²) in [4.78, 5) is 80.1. The average Bonchev–Trinajstić information content (AvgIpc) is 3.26. The Hall–Kier alpha value is -3.30. The molecule has 5 atom stereocenters. The summed E-state index contributed by atoms with van der Waals surface area (Å²) in [5, 5.41) is 7.96. The molecule has 3 rings (SSSR count). The van der Waals surface area contributed by atoms with Crippen molar-refractivity contribution in [3.05, 3.63) is 25.3 Å². The van der Waals surface area contributed by atoms with Crippen molar-refractivity contribution in [2.24, 2.45) is 29.1 Å². The molecule has 2 aliphatic carbocycles. The number of rotatable bonds is 14. The van der Waals surface area contributed by atoms with E-state index in [0.717, 1.165) is 32.1 Å². The Labute approximate surface area is 243 Å². The minimum Gasteiger partial charge on any atom is -0.346 e. The number of piperidine rings is 1.